The molecular formula is C11H17N3O2S. The SMILES string of the molecule is CNC(c1cccnc1N)C1CCS(=O)(=O)C1. The van der Waals surface area contributed by atoms with E-state index in [1.807, 2.05) is 19.2 Å². The molecule has 3 N–H and O–H groups in total. The zero-order valence-corrected chi connectivity index (χ0v) is 10.6. The molecule has 2 atom stereocenters. The molecule has 2 unspecified atom stereocenters. The van der Waals surface area contributed by atoms with Crippen molar-refractivity contribution >= 4 is 15.7 Å². The van der Waals surface area contributed by atoms with Crippen LogP contribution in [0.5, 0.6) is 0 Å². The molecular weight excluding hydrogens is 238 g/mol. The lowest BCUT2D eigenvalue weighted by molar-refractivity contribution is 0.419. The first kappa shape index (κ1) is 12.3. The minimum atomic E-state index is -2.87. The summed E-state index contributed by atoms with van der Waals surface area (Å²) in [6, 6.07) is 3.68. The largest absolute Gasteiger partial charge is 0.383 e. The van der Waals surface area contributed by atoms with Crippen molar-refractivity contribution in [3.05, 3.63) is 23.9 Å². The molecule has 0 amide bonds. The van der Waals surface area contributed by atoms with Crippen molar-refractivity contribution in [2.75, 3.05) is 24.3 Å². The van der Waals surface area contributed by atoms with Crippen LogP contribution in [0.15, 0.2) is 18.3 Å². The number of anilines is 1. The van der Waals surface area contributed by atoms with Gasteiger partial charge in [-0.05, 0) is 25.5 Å². The molecule has 0 saturated carbocycles. The normalized spacial score (nSPS) is 24.6. The van der Waals surface area contributed by atoms with E-state index in [9.17, 15) is 8.42 Å². The van der Waals surface area contributed by atoms with Crippen molar-refractivity contribution in [3.63, 3.8) is 0 Å². The second-order valence-electron chi connectivity index (χ2n) is 4.41. The van der Waals surface area contributed by atoms with Crippen molar-refractivity contribution in [2.24, 2.45) is 5.92 Å². The fourth-order valence-corrected chi connectivity index (χ4v) is 4.26. The van der Waals surface area contributed by atoms with Crippen LogP contribution in [0.3, 0.4) is 0 Å². The van der Waals surface area contributed by atoms with E-state index in [4.69, 9.17) is 5.73 Å². The molecule has 1 saturated heterocycles. The summed E-state index contributed by atoms with van der Waals surface area (Å²) >= 11 is 0. The number of nitrogens with two attached hydrogens (primary N) is 1. The fourth-order valence-electron chi connectivity index (χ4n) is 2.42. The molecule has 94 valence electrons. The van der Waals surface area contributed by atoms with Crippen LogP contribution in [-0.4, -0.2) is 32.0 Å². The van der Waals surface area contributed by atoms with Gasteiger partial charge in [-0.2, -0.15) is 0 Å². The van der Waals surface area contributed by atoms with Crippen molar-refractivity contribution < 1.29 is 8.42 Å². The highest BCUT2D eigenvalue weighted by molar-refractivity contribution is 7.91. The van der Waals surface area contributed by atoms with Gasteiger partial charge in [0.25, 0.3) is 0 Å². The maximum atomic E-state index is 11.5. The Kier molecular flexibility index (Phi) is 3.35. The first-order chi connectivity index (χ1) is 8.03. The number of nitrogens with one attached hydrogen (secondary N) is 1. The summed E-state index contributed by atoms with van der Waals surface area (Å²) in [5, 5.41) is 3.15. The molecule has 2 rings (SSSR count). The lowest BCUT2D eigenvalue weighted by Gasteiger charge is -2.23. The van der Waals surface area contributed by atoms with Gasteiger partial charge in [0.1, 0.15) is 5.82 Å². The average molecular weight is 255 g/mol. The highest BCUT2D eigenvalue weighted by Crippen LogP contribution is 2.32. The van der Waals surface area contributed by atoms with E-state index >= 15 is 0 Å². The molecule has 2 heterocycles. The van der Waals surface area contributed by atoms with Crippen molar-refractivity contribution in [3.8, 4) is 0 Å². The van der Waals surface area contributed by atoms with Crippen LogP contribution in [0.25, 0.3) is 0 Å². The van der Waals surface area contributed by atoms with E-state index in [0.717, 1.165) is 5.56 Å². The Morgan fingerprint density at radius 1 is 1.59 bits per heavy atom. The average Bonchev–Trinajstić information content (AvgIpc) is 2.63. The zero-order chi connectivity index (χ0) is 12.5. The number of hydrogen-bond donors (Lipinski definition) is 2. The van der Waals surface area contributed by atoms with E-state index in [-0.39, 0.29) is 23.5 Å². The minimum absolute atomic E-state index is 0.0408. The smallest absolute Gasteiger partial charge is 0.150 e. The van der Waals surface area contributed by atoms with Crippen LogP contribution < -0.4 is 11.1 Å². The Hall–Kier alpha value is -1.14. The molecule has 0 aromatic carbocycles. The highest BCUT2D eigenvalue weighted by Gasteiger charge is 2.34. The molecule has 1 fully saturated rings. The summed E-state index contributed by atoms with van der Waals surface area (Å²) in [6.45, 7) is 0. The predicted molar refractivity (Wildman–Crippen MR) is 67.2 cm³/mol. The number of nitrogen functional groups attached to an aromatic ring is 1. The summed E-state index contributed by atoms with van der Waals surface area (Å²) in [5.41, 5.74) is 6.72. The summed E-state index contributed by atoms with van der Waals surface area (Å²) in [4.78, 5) is 4.04. The van der Waals surface area contributed by atoms with E-state index in [1.54, 1.807) is 6.20 Å². The predicted octanol–water partition coefficient (Wildman–Crippen LogP) is 0.359. The van der Waals surface area contributed by atoms with E-state index in [1.165, 1.54) is 0 Å². The van der Waals surface area contributed by atoms with Gasteiger partial charge in [0.15, 0.2) is 9.84 Å². The van der Waals surface area contributed by atoms with Crippen LogP contribution in [0.2, 0.25) is 0 Å². The third-order valence-corrected chi connectivity index (χ3v) is 5.05. The Morgan fingerprint density at radius 3 is 2.88 bits per heavy atom. The maximum Gasteiger partial charge on any atom is 0.150 e. The molecule has 5 nitrogen and oxygen atoms in total. The van der Waals surface area contributed by atoms with Crippen molar-refractivity contribution in [1.82, 2.24) is 10.3 Å². The third kappa shape index (κ3) is 2.58. The van der Waals surface area contributed by atoms with Crippen molar-refractivity contribution in [1.29, 1.82) is 0 Å². The molecule has 1 aromatic heterocycles. The van der Waals surface area contributed by atoms with Crippen LogP contribution in [0.4, 0.5) is 5.82 Å². The third-order valence-electron chi connectivity index (χ3n) is 3.26. The Labute approximate surface area is 101 Å². The van der Waals surface area contributed by atoms with Crippen LogP contribution in [0.1, 0.15) is 18.0 Å². The number of sulfone groups is 1. The van der Waals surface area contributed by atoms with Crippen LogP contribution in [-0.2, 0) is 9.84 Å². The lowest BCUT2D eigenvalue weighted by atomic mass is 9.93. The molecule has 0 radical (unpaired) electrons. The fraction of sp³-hybridized carbons (Fsp3) is 0.545. The monoisotopic (exact) mass is 255 g/mol. The van der Waals surface area contributed by atoms with Gasteiger partial charge in [-0.25, -0.2) is 13.4 Å². The van der Waals surface area contributed by atoms with E-state index in [0.29, 0.717) is 12.2 Å². The first-order valence-corrected chi connectivity index (χ1v) is 7.44. The van der Waals surface area contributed by atoms with Crippen LogP contribution >= 0.6 is 0 Å². The summed E-state index contributed by atoms with van der Waals surface area (Å²) in [5.74, 6) is 1.05. The molecule has 0 aliphatic carbocycles. The molecule has 1 aliphatic heterocycles. The second kappa shape index (κ2) is 4.62. The number of hydrogen-bond acceptors (Lipinski definition) is 5. The zero-order valence-electron chi connectivity index (χ0n) is 9.76. The molecule has 6 heteroatoms. The second-order valence-corrected chi connectivity index (χ2v) is 6.64. The molecule has 1 aromatic rings. The van der Waals surface area contributed by atoms with E-state index < -0.39 is 9.84 Å². The van der Waals surface area contributed by atoms with Crippen LogP contribution in [0, 0.1) is 5.92 Å². The number of pyridine rings is 1. The summed E-state index contributed by atoms with van der Waals surface area (Å²) in [6.07, 6.45) is 2.32. The number of aromatic nitrogens is 1. The Bertz CT molecular complexity index is 501. The standard InChI is InChI=1S/C11H17N3O2S/c1-13-10(8-4-6-17(15,16)7-8)9-3-2-5-14-11(9)12/h2-3,5,8,10,13H,4,6-7H2,1H3,(H2,12,14). The summed E-state index contributed by atoms with van der Waals surface area (Å²) in [7, 11) is -1.05. The van der Waals surface area contributed by atoms with Gasteiger partial charge in [-0.3, -0.25) is 0 Å². The first-order valence-electron chi connectivity index (χ1n) is 5.61. The van der Waals surface area contributed by atoms with Gasteiger partial charge in [-0.1, -0.05) is 6.07 Å². The topological polar surface area (TPSA) is 85.1 Å². The quantitative estimate of drug-likeness (QED) is 0.814. The Balaban J connectivity index is 2.26. The van der Waals surface area contributed by atoms with Gasteiger partial charge in [-0.15, -0.1) is 0 Å². The number of rotatable bonds is 3. The Morgan fingerprint density at radius 2 is 2.35 bits per heavy atom. The molecule has 17 heavy (non-hydrogen) atoms. The molecule has 1 aliphatic rings. The molecule has 0 spiro atoms. The highest BCUT2D eigenvalue weighted by atomic mass is 32.2. The van der Waals surface area contributed by atoms with Crippen molar-refractivity contribution in [2.45, 2.75) is 12.5 Å². The van der Waals surface area contributed by atoms with Gasteiger partial charge < -0.3 is 11.1 Å². The molecule has 0 bridgehead atoms. The van der Waals surface area contributed by atoms with Gasteiger partial charge >= 0.3 is 0 Å². The summed E-state index contributed by atoms with van der Waals surface area (Å²) < 4.78 is 23.0. The van der Waals surface area contributed by atoms with Gasteiger partial charge in [0, 0.05) is 17.8 Å². The maximum absolute atomic E-state index is 11.5. The lowest BCUT2D eigenvalue weighted by Crippen LogP contribution is -2.27. The number of nitrogens with zero attached hydrogens (tertiary/aromatic N) is 1. The minimum Gasteiger partial charge on any atom is -0.383 e. The van der Waals surface area contributed by atoms with Gasteiger partial charge in [0.05, 0.1) is 11.5 Å². The van der Waals surface area contributed by atoms with E-state index in [2.05, 4.69) is 10.3 Å². The van der Waals surface area contributed by atoms with Gasteiger partial charge in [0.2, 0.25) is 0 Å².